The molecule has 6 nitrogen and oxygen atoms in total. The van der Waals surface area contributed by atoms with Gasteiger partial charge in [-0.1, -0.05) is 6.08 Å². The van der Waals surface area contributed by atoms with E-state index in [0.717, 1.165) is 4.47 Å². The zero-order valence-electron chi connectivity index (χ0n) is 11.2. The fourth-order valence-corrected chi connectivity index (χ4v) is 2.74. The Hall–Kier alpha value is -1.54. The fourth-order valence-electron chi connectivity index (χ4n) is 1.49. The van der Waals surface area contributed by atoms with Crippen molar-refractivity contribution in [3.05, 3.63) is 33.7 Å². The van der Waals surface area contributed by atoms with Crippen molar-refractivity contribution in [3.8, 4) is 5.75 Å². The zero-order chi connectivity index (χ0) is 16.0. The lowest BCUT2D eigenvalue weighted by atomic mass is 10.2. The Balaban J connectivity index is 2.83. The molecule has 3 N–H and O–H groups in total. The number of halogens is 2. The van der Waals surface area contributed by atoms with Gasteiger partial charge in [0.1, 0.15) is 11.8 Å². The molecule has 1 aromatic carbocycles. The third-order valence-electron chi connectivity index (χ3n) is 2.50. The maximum Gasteiger partial charge on any atom is 0.326 e. The molecule has 0 radical (unpaired) electrons. The second-order valence-corrected chi connectivity index (χ2v) is 5.69. The van der Waals surface area contributed by atoms with Gasteiger partial charge in [-0.25, -0.2) is 9.59 Å². The van der Waals surface area contributed by atoms with Gasteiger partial charge in [-0.2, -0.15) is 0 Å². The Labute approximate surface area is 138 Å². The molecular formula is C13H14Br2N2O4. The summed E-state index contributed by atoms with van der Waals surface area (Å²) < 4.78 is 6.48. The van der Waals surface area contributed by atoms with Crippen LogP contribution in [0.2, 0.25) is 0 Å². The number of methoxy groups -OCH3 is 1. The van der Waals surface area contributed by atoms with Crippen LogP contribution >= 0.6 is 31.9 Å². The molecular weight excluding hydrogens is 408 g/mol. The van der Waals surface area contributed by atoms with Crippen LogP contribution in [0.4, 0.5) is 10.5 Å². The molecule has 1 aromatic rings. The molecule has 0 saturated heterocycles. The second kappa shape index (κ2) is 8.04. The van der Waals surface area contributed by atoms with Crippen molar-refractivity contribution in [1.29, 1.82) is 0 Å². The van der Waals surface area contributed by atoms with Crippen LogP contribution in [0.15, 0.2) is 33.7 Å². The standard InChI is InChI=1S/C13H14Br2N2O4/c1-3-4-9(12(18)19)16-13(20)17-10-6-11(21-2)8(15)5-7(10)14/h3,5-6,9H,1,4H2,2H3,(H,18,19)(H2,16,17,20). The monoisotopic (exact) mass is 420 g/mol. The van der Waals surface area contributed by atoms with Crippen molar-refractivity contribution < 1.29 is 19.4 Å². The van der Waals surface area contributed by atoms with Crippen LogP contribution in [0.25, 0.3) is 0 Å². The van der Waals surface area contributed by atoms with Crippen molar-refractivity contribution in [2.75, 3.05) is 12.4 Å². The lowest BCUT2D eigenvalue weighted by Gasteiger charge is -2.15. The number of rotatable bonds is 6. The number of carbonyl (C=O) groups is 2. The predicted octanol–water partition coefficient (Wildman–Crippen LogP) is 3.37. The first kappa shape index (κ1) is 17.5. The number of aliphatic carboxylic acids is 1. The van der Waals surface area contributed by atoms with Gasteiger partial charge in [-0.15, -0.1) is 6.58 Å². The molecule has 0 aromatic heterocycles. The number of carboxylic acid groups (broad SMARTS) is 1. The van der Waals surface area contributed by atoms with E-state index >= 15 is 0 Å². The normalized spacial score (nSPS) is 11.4. The number of benzene rings is 1. The molecule has 8 heteroatoms. The highest BCUT2D eigenvalue weighted by molar-refractivity contribution is 9.11. The van der Waals surface area contributed by atoms with Gasteiger partial charge in [0, 0.05) is 10.5 Å². The first-order valence-corrected chi connectivity index (χ1v) is 7.41. The number of hydrogen-bond acceptors (Lipinski definition) is 3. The van der Waals surface area contributed by atoms with Crippen molar-refractivity contribution >= 4 is 49.5 Å². The minimum atomic E-state index is -1.13. The van der Waals surface area contributed by atoms with Gasteiger partial charge in [-0.05, 0) is 44.3 Å². The molecule has 0 spiro atoms. The minimum absolute atomic E-state index is 0.133. The molecule has 0 aliphatic carbocycles. The largest absolute Gasteiger partial charge is 0.495 e. The predicted molar refractivity (Wildman–Crippen MR) is 86.8 cm³/mol. The van der Waals surface area contributed by atoms with Crippen LogP contribution in [0.1, 0.15) is 6.42 Å². The summed E-state index contributed by atoms with van der Waals surface area (Å²) in [6, 6.07) is 1.66. The number of ether oxygens (including phenoxy) is 1. The van der Waals surface area contributed by atoms with Gasteiger partial charge in [0.25, 0.3) is 0 Å². The zero-order valence-corrected chi connectivity index (χ0v) is 14.3. The highest BCUT2D eigenvalue weighted by Gasteiger charge is 2.19. The van der Waals surface area contributed by atoms with Crippen LogP contribution in [0.3, 0.4) is 0 Å². The quantitative estimate of drug-likeness (QED) is 0.614. The Morgan fingerprint density at radius 3 is 2.62 bits per heavy atom. The second-order valence-electron chi connectivity index (χ2n) is 3.98. The molecule has 1 unspecified atom stereocenters. The van der Waals surface area contributed by atoms with E-state index in [1.54, 1.807) is 12.1 Å². The Morgan fingerprint density at radius 2 is 2.10 bits per heavy atom. The van der Waals surface area contributed by atoms with Gasteiger partial charge < -0.3 is 20.5 Å². The number of hydrogen-bond donors (Lipinski definition) is 3. The van der Waals surface area contributed by atoms with Gasteiger partial charge >= 0.3 is 12.0 Å². The summed E-state index contributed by atoms with van der Waals surface area (Å²) in [7, 11) is 1.50. The molecule has 21 heavy (non-hydrogen) atoms. The minimum Gasteiger partial charge on any atom is -0.495 e. The van der Waals surface area contributed by atoms with Crippen LogP contribution in [0, 0.1) is 0 Å². The summed E-state index contributed by atoms with van der Waals surface area (Å²) in [5.74, 6) is -0.591. The van der Waals surface area contributed by atoms with E-state index in [1.165, 1.54) is 13.2 Å². The maximum absolute atomic E-state index is 11.8. The first-order chi connectivity index (χ1) is 9.88. The Kier molecular flexibility index (Phi) is 6.70. The summed E-state index contributed by atoms with van der Waals surface area (Å²) in [4.78, 5) is 22.8. The van der Waals surface area contributed by atoms with Gasteiger partial charge in [0.2, 0.25) is 0 Å². The van der Waals surface area contributed by atoms with Crippen LogP contribution in [-0.4, -0.2) is 30.3 Å². The van der Waals surface area contributed by atoms with E-state index in [4.69, 9.17) is 9.84 Å². The van der Waals surface area contributed by atoms with E-state index in [2.05, 4.69) is 49.1 Å². The van der Waals surface area contributed by atoms with E-state index in [0.29, 0.717) is 15.9 Å². The number of carbonyl (C=O) groups excluding carboxylic acids is 1. The maximum atomic E-state index is 11.8. The smallest absolute Gasteiger partial charge is 0.326 e. The van der Waals surface area contributed by atoms with Gasteiger partial charge in [0.05, 0.1) is 17.3 Å². The lowest BCUT2D eigenvalue weighted by Crippen LogP contribution is -2.42. The summed E-state index contributed by atoms with van der Waals surface area (Å²) in [5, 5.41) is 13.9. The molecule has 0 saturated carbocycles. The van der Waals surface area contributed by atoms with E-state index in [-0.39, 0.29) is 6.42 Å². The summed E-state index contributed by atoms with van der Waals surface area (Å²) >= 11 is 6.62. The topological polar surface area (TPSA) is 87.7 Å². The van der Waals surface area contributed by atoms with E-state index in [1.807, 2.05) is 0 Å². The Morgan fingerprint density at radius 1 is 1.43 bits per heavy atom. The van der Waals surface area contributed by atoms with E-state index < -0.39 is 18.0 Å². The van der Waals surface area contributed by atoms with E-state index in [9.17, 15) is 9.59 Å². The van der Waals surface area contributed by atoms with Crippen molar-refractivity contribution in [3.63, 3.8) is 0 Å². The fraction of sp³-hybridized carbons (Fsp3) is 0.231. The Bertz CT molecular complexity index is 563. The first-order valence-electron chi connectivity index (χ1n) is 5.83. The molecule has 1 rings (SSSR count). The highest BCUT2D eigenvalue weighted by atomic mass is 79.9. The third kappa shape index (κ3) is 5.05. The summed E-state index contributed by atoms with van der Waals surface area (Å²) in [5.41, 5.74) is 0.454. The molecule has 0 aliphatic heterocycles. The molecule has 0 bridgehead atoms. The SMILES string of the molecule is C=CCC(NC(=O)Nc1cc(OC)c(Br)cc1Br)C(=O)O. The number of amides is 2. The molecule has 0 fully saturated rings. The number of carboxylic acids is 1. The number of anilines is 1. The van der Waals surface area contributed by atoms with Crippen LogP contribution in [-0.2, 0) is 4.79 Å². The number of urea groups is 1. The molecule has 114 valence electrons. The third-order valence-corrected chi connectivity index (χ3v) is 3.77. The highest BCUT2D eigenvalue weighted by Crippen LogP contribution is 2.34. The molecule has 0 aliphatic rings. The summed E-state index contributed by atoms with van der Waals surface area (Å²) in [6.45, 7) is 3.46. The molecule has 0 heterocycles. The van der Waals surface area contributed by atoms with Crippen LogP contribution in [0.5, 0.6) is 5.75 Å². The van der Waals surface area contributed by atoms with Crippen molar-refractivity contribution in [2.45, 2.75) is 12.5 Å². The molecule has 1 atom stereocenters. The van der Waals surface area contributed by atoms with Crippen molar-refractivity contribution in [1.82, 2.24) is 5.32 Å². The average molecular weight is 422 g/mol. The van der Waals surface area contributed by atoms with Crippen LogP contribution < -0.4 is 15.4 Å². The van der Waals surface area contributed by atoms with Crippen molar-refractivity contribution in [2.24, 2.45) is 0 Å². The average Bonchev–Trinajstić information content (AvgIpc) is 2.41. The van der Waals surface area contributed by atoms with Gasteiger partial charge in [-0.3, -0.25) is 0 Å². The van der Waals surface area contributed by atoms with Gasteiger partial charge in [0.15, 0.2) is 0 Å². The summed E-state index contributed by atoms with van der Waals surface area (Å²) in [6.07, 6.45) is 1.56. The lowest BCUT2D eigenvalue weighted by molar-refractivity contribution is -0.139. The number of nitrogens with one attached hydrogen (secondary N) is 2. The molecule has 2 amide bonds.